The van der Waals surface area contributed by atoms with E-state index in [-0.39, 0.29) is 0 Å². The average Bonchev–Trinajstić information content (AvgIpc) is 2.30. The van der Waals surface area contributed by atoms with Gasteiger partial charge < -0.3 is 14.2 Å². The Morgan fingerprint density at radius 3 is 1.65 bits per heavy atom. The van der Waals surface area contributed by atoms with Gasteiger partial charge in [-0.05, 0) is 0 Å². The predicted octanol–water partition coefficient (Wildman–Crippen LogP) is 1.38. The van der Waals surface area contributed by atoms with Gasteiger partial charge in [-0.25, -0.2) is 0 Å². The quantitative estimate of drug-likeness (QED) is 0.358. The number of nitriles is 2. The molecule has 0 spiro atoms. The summed E-state index contributed by atoms with van der Waals surface area (Å²) in [5.41, 5.74) is -0.813. The van der Waals surface area contributed by atoms with E-state index in [1.54, 1.807) is 0 Å². The lowest BCUT2D eigenvalue weighted by molar-refractivity contribution is -0.0119. The molecule has 0 fully saturated rings. The summed E-state index contributed by atoms with van der Waals surface area (Å²) in [5.74, 6) is 0. The molecule has 0 bridgehead atoms. The van der Waals surface area contributed by atoms with Gasteiger partial charge in [-0.2, -0.15) is 10.5 Å². The second-order valence-electron chi connectivity index (χ2n) is 3.01. The van der Waals surface area contributed by atoms with Crippen LogP contribution in [0.15, 0.2) is 0 Å². The van der Waals surface area contributed by atoms with Gasteiger partial charge >= 0.3 is 0 Å². The van der Waals surface area contributed by atoms with Crippen LogP contribution in [0.1, 0.15) is 12.8 Å². The van der Waals surface area contributed by atoms with Crippen LogP contribution in [-0.4, -0.2) is 37.3 Å². The van der Waals surface area contributed by atoms with E-state index >= 15 is 0 Å². The molecule has 0 amide bonds. The van der Waals surface area contributed by atoms with Crippen molar-refractivity contribution in [1.29, 1.82) is 10.5 Å². The zero-order chi connectivity index (χ0) is 12.9. The fourth-order valence-corrected chi connectivity index (χ4v) is 1.46. The first-order valence-corrected chi connectivity index (χ1v) is 6.15. The van der Waals surface area contributed by atoms with E-state index < -0.39 is 10.9 Å². The summed E-state index contributed by atoms with van der Waals surface area (Å²) in [5, 5.41) is 16.6. The standard InChI is InChI=1S/C10H16N2O3S2/c11-3-1-5-13-7-9(16)15-10(17)8-14-6-2-4-12/h9-10,16-17H,1-2,5-8H2. The minimum atomic E-state index is -0.407. The zero-order valence-corrected chi connectivity index (χ0v) is 11.2. The Labute approximate surface area is 112 Å². The van der Waals surface area contributed by atoms with Crippen LogP contribution in [0, 0.1) is 22.7 Å². The fraction of sp³-hybridized carbons (Fsp3) is 0.800. The Kier molecular flexibility index (Phi) is 11.7. The molecule has 7 heteroatoms. The molecule has 0 aromatic carbocycles. The van der Waals surface area contributed by atoms with Crippen LogP contribution in [0.2, 0.25) is 0 Å². The van der Waals surface area contributed by atoms with Gasteiger partial charge in [-0.15, -0.1) is 25.3 Å². The van der Waals surface area contributed by atoms with Crippen molar-refractivity contribution in [2.75, 3.05) is 26.4 Å². The van der Waals surface area contributed by atoms with Crippen molar-refractivity contribution in [3.63, 3.8) is 0 Å². The molecular formula is C10H16N2O3S2. The molecule has 17 heavy (non-hydrogen) atoms. The molecule has 0 saturated carbocycles. The van der Waals surface area contributed by atoms with Crippen LogP contribution in [0.25, 0.3) is 0 Å². The van der Waals surface area contributed by atoms with Crippen molar-refractivity contribution in [2.45, 2.75) is 23.7 Å². The summed E-state index contributed by atoms with van der Waals surface area (Å²) in [6.07, 6.45) is 0.699. The lowest BCUT2D eigenvalue weighted by Gasteiger charge is -2.17. The van der Waals surface area contributed by atoms with Crippen molar-refractivity contribution >= 4 is 25.3 Å². The summed E-state index contributed by atoms with van der Waals surface area (Å²) in [4.78, 5) is 0. The van der Waals surface area contributed by atoms with Gasteiger partial charge in [0.1, 0.15) is 10.9 Å². The molecule has 0 aliphatic carbocycles. The number of ether oxygens (including phenoxy) is 3. The summed E-state index contributed by atoms with van der Waals surface area (Å²) in [7, 11) is 0. The van der Waals surface area contributed by atoms with E-state index in [0.29, 0.717) is 39.3 Å². The highest BCUT2D eigenvalue weighted by atomic mass is 32.1. The normalized spacial score (nSPS) is 13.6. The van der Waals surface area contributed by atoms with Crippen molar-refractivity contribution in [2.24, 2.45) is 0 Å². The Hall–Kier alpha value is -0.440. The zero-order valence-electron chi connectivity index (χ0n) is 9.41. The Morgan fingerprint density at radius 1 is 0.882 bits per heavy atom. The molecule has 0 aromatic rings. The maximum absolute atomic E-state index is 8.29. The third kappa shape index (κ3) is 11.8. The first-order chi connectivity index (χ1) is 8.20. The molecule has 0 saturated heterocycles. The van der Waals surface area contributed by atoms with Gasteiger partial charge in [0.2, 0.25) is 0 Å². The number of rotatable bonds is 10. The molecule has 0 aliphatic rings. The predicted molar refractivity (Wildman–Crippen MR) is 68.7 cm³/mol. The molecule has 5 nitrogen and oxygen atoms in total. The van der Waals surface area contributed by atoms with E-state index in [2.05, 4.69) is 25.3 Å². The monoisotopic (exact) mass is 276 g/mol. The maximum atomic E-state index is 8.29. The highest BCUT2D eigenvalue weighted by molar-refractivity contribution is 7.81. The molecular weight excluding hydrogens is 260 g/mol. The van der Waals surface area contributed by atoms with Gasteiger partial charge in [0.15, 0.2) is 0 Å². The third-order valence-corrected chi connectivity index (χ3v) is 2.09. The summed E-state index contributed by atoms with van der Waals surface area (Å²) in [6, 6.07) is 3.94. The lowest BCUT2D eigenvalue weighted by atomic mass is 10.5. The molecule has 2 atom stereocenters. The molecule has 0 N–H and O–H groups in total. The van der Waals surface area contributed by atoms with E-state index in [4.69, 9.17) is 24.7 Å². The van der Waals surface area contributed by atoms with Gasteiger partial charge in [0.25, 0.3) is 0 Å². The minimum absolute atomic E-state index is 0.292. The molecule has 96 valence electrons. The van der Waals surface area contributed by atoms with Gasteiger partial charge in [-0.3, -0.25) is 0 Å². The van der Waals surface area contributed by atoms with Crippen molar-refractivity contribution in [1.82, 2.24) is 0 Å². The summed E-state index contributed by atoms with van der Waals surface area (Å²) < 4.78 is 15.6. The van der Waals surface area contributed by atoms with Crippen LogP contribution in [0.4, 0.5) is 0 Å². The smallest absolute Gasteiger partial charge is 0.125 e. The molecule has 2 unspecified atom stereocenters. The topological polar surface area (TPSA) is 75.3 Å². The highest BCUT2D eigenvalue weighted by Crippen LogP contribution is 2.07. The highest BCUT2D eigenvalue weighted by Gasteiger charge is 2.10. The number of hydrogen-bond acceptors (Lipinski definition) is 7. The molecule has 0 rings (SSSR count). The lowest BCUT2D eigenvalue weighted by Crippen LogP contribution is -2.22. The first-order valence-electron chi connectivity index (χ1n) is 5.11. The van der Waals surface area contributed by atoms with Gasteiger partial charge in [0.05, 0.1) is 51.4 Å². The summed E-state index contributed by atoms with van der Waals surface area (Å²) in [6.45, 7) is 1.32. The molecule has 0 heterocycles. The maximum Gasteiger partial charge on any atom is 0.125 e. The SMILES string of the molecule is N#CCCOCC(S)OC(S)COCCC#N. The molecule has 0 aliphatic heterocycles. The van der Waals surface area contributed by atoms with E-state index in [1.807, 2.05) is 12.1 Å². The average molecular weight is 276 g/mol. The van der Waals surface area contributed by atoms with E-state index in [1.165, 1.54) is 0 Å². The summed E-state index contributed by atoms with van der Waals surface area (Å²) >= 11 is 8.30. The van der Waals surface area contributed by atoms with E-state index in [0.717, 1.165) is 0 Å². The van der Waals surface area contributed by atoms with Crippen LogP contribution >= 0.6 is 25.3 Å². The van der Waals surface area contributed by atoms with Crippen molar-refractivity contribution in [3.8, 4) is 12.1 Å². The van der Waals surface area contributed by atoms with Crippen LogP contribution < -0.4 is 0 Å². The van der Waals surface area contributed by atoms with Crippen LogP contribution in [0.3, 0.4) is 0 Å². The first kappa shape index (κ1) is 16.6. The number of hydrogen-bond donors (Lipinski definition) is 2. The Morgan fingerprint density at radius 2 is 1.29 bits per heavy atom. The van der Waals surface area contributed by atoms with E-state index in [9.17, 15) is 0 Å². The fourth-order valence-electron chi connectivity index (χ4n) is 0.864. The molecule has 0 aromatic heterocycles. The Balaban J connectivity index is 3.42. The second-order valence-corrected chi connectivity index (χ2v) is 4.16. The van der Waals surface area contributed by atoms with Crippen LogP contribution in [0.5, 0.6) is 0 Å². The number of nitrogens with zero attached hydrogens (tertiary/aromatic N) is 2. The minimum Gasteiger partial charge on any atom is -0.377 e. The van der Waals surface area contributed by atoms with Gasteiger partial charge in [0, 0.05) is 0 Å². The second kappa shape index (κ2) is 12.0. The third-order valence-electron chi connectivity index (χ3n) is 1.55. The largest absolute Gasteiger partial charge is 0.377 e. The van der Waals surface area contributed by atoms with Crippen molar-refractivity contribution < 1.29 is 14.2 Å². The Bertz CT molecular complexity index is 239. The van der Waals surface area contributed by atoms with Gasteiger partial charge in [-0.1, -0.05) is 0 Å². The van der Waals surface area contributed by atoms with Crippen LogP contribution in [-0.2, 0) is 14.2 Å². The molecule has 0 radical (unpaired) electrons. The van der Waals surface area contributed by atoms with Crippen molar-refractivity contribution in [3.05, 3.63) is 0 Å². The number of thiol groups is 2.